The summed E-state index contributed by atoms with van der Waals surface area (Å²) in [4.78, 5) is 21.4. The number of carbonyl (C=O) groups excluding carboxylic acids is 1. The zero-order valence-corrected chi connectivity index (χ0v) is 10.7. The minimum Gasteiger partial charge on any atom is -0.466 e. The standard InChI is InChI=1S/C11H22N2O4/c1-4-17-11(14)6-9(7-13(15)16)10(12)5-8(2)3/h8-10H,4-7,12H2,1-3H3/t9-,10+/m1/s1. The molecule has 0 aromatic carbocycles. The summed E-state index contributed by atoms with van der Waals surface area (Å²) in [7, 11) is 0. The van der Waals surface area contributed by atoms with E-state index in [0.29, 0.717) is 12.3 Å². The molecule has 0 spiro atoms. The lowest BCUT2D eigenvalue weighted by molar-refractivity contribution is -0.488. The number of carbonyl (C=O) groups is 1. The molecular weight excluding hydrogens is 224 g/mol. The highest BCUT2D eigenvalue weighted by atomic mass is 16.6. The van der Waals surface area contributed by atoms with Crippen molar-refractivity contribution in [2.24, 2.45) is 17.6 Å². The maximum absolute atomic E-state index is 11.3. The van der Waals surface area contributed by atoms with Gasteiger partial charge in [0.2, 0.25) is 6.54 Å². The Hall–Kier alpha value is -1.17. The molecule has 0 aliphatic rings. The van der Waals surface area contributed by atoms with E-state index < -0.39 is 16.8 Å². The first-order valence-electron chi connectivity index (χ1n) is 5.89. The summed E-state index contributed by atoms with van der Waals surface area (Å²) in [6.45, 7) is 5.69. The highest BCUT2D eigenvalue weighted by Crippen LogP contribution is 2.16. The average molecular weight is 246 g/mol. The molecule has 6 nitrogen and oxygen atoms in total. The zero-order valence-electron chi connectivity index (χ0n) is 10.7. The lowest BCUT2D eigenvalue weighted by Gasteiger charge is -2.21. The van der Waals surface area contributed by atoms with Crippen LogP contribution in [-0.2, 0) is 9.53 Å². The van der Waals surface area contributed by atoms with Crippen molar-refractivity contribution >= 4 is 5.97 Å². The van der Waals surface area contributed by atoms with E-state index in [1.807, 2.05) is 13.8 Å². The van der Waals surface area contributed by atoms with Gasteiger partial charge in [0.1, 0.15) is 0 Å². The number of rotatable bonds is 8. The number of nitrogens with zero attached hydrogens (tertiary/aromatic N) is 1. The van der Waals surface area contributed by atoms with Gasteiger partial charge in [-0.1, -0.05) is 13.8 Å². The number of nitrogens with two attached hydrogens (primary N) is 1. The second-order valence-electron chi connectivity index (χ2n) is 4.58. The van der Waals surface area contributed by atoms with Gasteiger partial charge in [-0.2, -0.15) is 0 Å². The molecule has 0 aromatic rings. The molecule has 0 fully saturated rings. The van der Waals surface area contributed by atoms with Gasteiger partial charge in [-0.25, -0.2) is 0 Å². The van der Waals surface area contributed by atoms with E-state index in [-0.39, 0.29) is 25.6 Å². The second-order valence-corrected chi connectivity index (χ2v) is 4.58. The molecule has 0 saturated heterocycles. The first-order chi connectivity index (χ1) is 7.86. The molecule has 0 aliphatic carbocycles. The highest BCUT2D eigenvalue weighted by molar-refractivity contribution is 5.69. The Kier molecular flexibility index (Phi) is 7.45. The van der Waals surface area contributed by atoms with E-state index in [2.05, 4.69) is 0 Å². The van der Waals surface area contributed by atoms with Gasteiger partial charge in [0.25, 0.3) is 0 Å². The normalized spacial score (nSPS) is 14.4. The minimum absolute atomic E-state index is 0.0166. The monoisotopic (exact) mass is 246 g/mol. The van der Waals surface area contributed by atoms with Gasteiger partial charge in [0, 0.05) is 16.9 Å². The van der Waals surface area contributed by atoms with E-state index in [1.54, 1.807) is 6.92 Å². The van der Waals surface area contributed by atoms with Crippen LogP contribution in [0.1, 0.15) is 33.6 Å². The summed E-state index contributed by atoms with van der Waals surface area (Å²) < 4.78 is 4.79. The van der Waals surface area contributed by atoms with Gasteiger partial charge < -0.3 is 10.5 Å². The van der Waals surface area contributed by atoms with E-state index >= 15 is 0 Å². The SMILES string of the molecule is CCOC(=O)C[C@H](C[N+](=O)[O-])[C@@H](N)CC(C)C. The van der Waals surface area contributed by atoms with Gasteiger partial charge in [0.15, 0.2) is 0 Å². The smallest absolute Gasteiger partial charge is 0.306 e. The third-order valence-electron chi connectivity index (χ3n) is 2.47. The van der Waals surface area contributed by atoms with Crippen molar-refractivity contribution in [3.63, 3.8) is 0 Å². The van der Waals surface area contributed by atoms with Crippen molar-refractivity contribution in [3.05, 3.63) is 10.1 Å². The Morgan fingerprint density at radius 1 is 1.47 bits per heavy atom. The highest BCUT2D eigenvalue weighted by Gasteiger charge is 2.27. The maximum atomic E-state index is 11.3. The third kappa shape index (κ3) is 7.68. The lowest BCUT2D eigenvalue weighted by atomic mass is 9.90. The van der Waals surface area contributed by atoms with Crippen LogP contribution in [0.15, 0.2) is 0 Å². The molecule has 0 aromatic heterocycles. The zero-order chi connectivity index (χ0) is 13.4. The molecule has 0 heterocycles. The quantitative estimate of drug-likeness (QED) is 0.394. The van der Waals surface area contributed by atoms with Crippen LogP contribution < -0.4 is 5.73 Å². The van der Waals surface area contributed by atoms with Gasteiger partial charge in [-0.15, -0.1) is 0 Å². The van der Waals surface area contributed by atoms with Crippen LogP contribution in [0.4, 0.5) is 0 Å². The summed E-state index contributed by atoms with van der Waals surface area (Å²) >= 11 is 0. The molecule has 6 heteroatoms. The molecular formula is C11H22N2O4. The predicted molar refractivity (Wildman–Crippen MR) is 64.0 cm³/mol. The average Bonchev–Trinajstić information content (AvgIpc) is 2.15. The van der Waals surface area contributed by atoms with Crippen LogP contribution in [0.2, 0.25) is 0 Å². The molecule has 17 heavy (non-hydrogen) atoms. The fraction of sp³-hybridized carbons (Fsp3) is 0.909. The molecule has 100 valence electrons. The lowest BCUT2D eigenvalue weighted by Crippen LogP contribution is -2.37. The Morgan fingerprint density at radius 2 is 2.06 bits per heavy atom. The van der Waals surface area contributed by atoms with Crippen LogP contribution in [0.25, 0.3) is 0 Å². The molecule has 0 unspecified atom stereocenters. The number of ether oxygens (including phenoxy) is 1. The number of hydrogen-bond acceptors (Lipinski definition) is 5. The van der Waals surface area contributed by atoms with Crippen molar-refractivity contribution in [3.8, 4) is 0 Å². The van der Waals surface area contributed by atoms with Gasteiger partial charge in [-0.3, -0.25) is 14.9 Å². The first-order valence-corrected chi connectivity index (χ1v) is 5.89. The van der Waals surface area contributed by atoms with E-state index in [4.69, 9.17) is 10.5 Å². The predicted octanol–water partition coefficient (Wildman–Crippen LogP) is 1.21. The summed E-state index contributed by atoms with van der Waals surface area (Å²) in [6, 6.07) is -0.343. The van der Waals surface area contributed by atoms with Crippen LogP contribution in [0.3, 0.4) is 0 Å². The van der Waals surface area contributed by atoms with Gasteiger partial charge >= 0.3 is 5.97 Å². The maximum Gasteiger partial charge on any atom is 0.306 e. The molecule has 0 radical (unpaired) electrons. The fourth-order valence-corrected chi connectivity index (χ4v) is 1.71. The van der Waals surface area contributed by atoms with E-state index in [9.17, 15) is 14.9 Å². The largest absolute Gasteiger partial charge is 0.466 e. The number of hydrogen-bond donors (Lipinski definition) is 1. The van der Waals surface area contributed by atoms with Crippen LogP contribution >= 0.6 is 0 Å². The second kappa shape index (κ2) is 8.00. The van der Waals surface area contributed by atoms with Crippen molar-refractivity contribution in [2.45, 2.75) is 39.7 Å². The summed E-state index contributed by atoms with van der Waals surface area (Å²) in [5.41, 5.74) is 5.90. The van der Waals surface area contributed by atoms with Crippen LogP contribution in [0, 0.1) is 22.0 Å². The van der Waals surface area contributed by atoms with Crippen molar-refractivity contribution < 1.29 is 14.5 Å². The van der Waals surface area contributed by atoms with Crippen LogP contribution in [-0.4, -0.2) is 30.1 Å². The minimum atomic E-state index is -0.452. The van der Waals surface area contributed by atoms with Gasteiger partial charge in [0.05, 0.1) is 13.0 Å². The fourth-order valence-electron chi connectivity index (χ4n) is 1.71. The Labute approximate surface area is 102 Å². The summed E-state index contributed by atoms with van der Waals surface area (Å²) in [5.74, 6) is -0.522. The Morgan fingerprint density at radius 3 is 2.47 bits per heavy atom. The van der Waals surface area contributed by atoms with E-state index in [1.165, 1.54) is 0 Å². The van der Waals surface area contributed by atoms with Gasteiger partial charge in [-0.05, 0) is 19.3 Å². The van der Waals surface area contributed by atoms with Crippen molar-refractivity contribution in [1.29, 1.82) is 0 Å². The third-order valence-corrected chi connectivity index (χ3v) is 2.47. The van der Waals surface area contributed by atoms with Crippen molar-refractivity contribution in [1.82, 2.24) is 0 Å². The molecule has 0 bridgehead atoms. The van der Waals surface area contributed by atoms with E-state index in [0.717, 1.165) is 0 Å². The topological polar surface area (TPSA) is 95.5 Å². The summed E-state index contributed by atoms with van der Waals surface area (Å²) in [6.07, 6.45) is 0.681. The Bertz CT molecular complexity index is 256. The summed E-state index contributed by atoms with van der Waals surface area (Å²) in [5, 5.41) is 10.5. The molecule has 0 rings (SSSR count). The molecule has 0 aliphatic heterocycles. The van der Waals surface area contributed by atoms with Crippen LogP contribution in [0.5, 0.6) is 0 Å². The Balaban J connectivity index is 4.40. The molecule has 0 amide bonds. The number of esters is 1. The first kappa shape index (κ1) is 15.8. The molecule has 0 saturated carbocycles. The molecule has 2 N–H and O–H groups in total. The molecule has 2 atom stereocenters. The number of nitro groups is 1. The van der Waals surface area contributed by atoms with Crippen molar-refractivity contribution in [2.75, 3.05) is 13.2 Å².